The number of phenols is 1. The first-order valence-electron chi connectivity index (χ1n) is 7.17. The predicted octanol–water partition coefficient (Wildman–Crippen LogP) is 0.0457. The van der Waals surface area contributed by atoms with Crippen LogP contribution in [0.15, 0.2) is 23.3 Å². The lowest BCUT2D eigenvalue weighted by Gasteiger charge is -2.09. The number of hydrogen-bond donors (Lipinski definition) is 3. The van der Waals surface area contributed by atoms with Crippen molar-refractivity contribution in [3.8, 4) is 5.75 Å². The molecular weight excluding hydrogens is 320 g/mol. The van der Waals surface area contributed by atoms with Gasteiger partial charge in [-0.2, -0.15) is 5.10 Å². The van der Waals surface area contributed by atoms with Crippen LogP contribution in [0.25, 0.3) is 0 Å². The van der Waals surface area contributed by atoms with Gasteiger partial charge in [0, 0.05) is 24.8 Å². The molecule has 1 aliphatic heterocycles. The molecule has 0 aliphatic carbocycles. The van der Waals surface area contributed by atoms with E-state index in [1.807, 2.05) is 5.43 Å². The van der Waals surface area contributed by atoms with Crippen LogP contribution in [0, 0.1) is 10.1 Å². The van der Waals surface area contributed by atoms with E-state index in [0.717, 1.165) is 31.2 Å². The lowest BCUT2D eigenvalue weighted by atomic mass is 10.2. The second-order valence-electron chi connectivity index (χ2n) is 5.05. The number of nitrogens with one attached hydrogen (secondary N) is 2. The lowest BCUT2D eigenvalue weighted by Crippen LogP contribution is -2.41. The molecule has 1 heterocycles. The SMILES string of the molecule is O=C(NC[C@H]1CCCO1)C(=O)N/N=C/c1ccc(O)c([N+](=O)[O-])c1. The number of nitro groups is 1. The first-order chi connectivity index (χ1) is 11.5. The van der Waals surface area contributed by atoms with Crippen LogP contribution in [0.2, 0.25) is 0 Å². The Bertz CT molecular complexity index is 669. The summed E-state index contributed by atoms with van der Waals surface area (Å²) in [5, 5.41) is 26.0. The van der Waals surface area contributed by atoms with Gasteiger partial charge in [0.15, 0.2) is 5.75 Å². The molecule has 0 radical (unpaired) electrons. The highest BCUT2D eigenvalue weighted by Gasteiger charge is 2.19. The Morgan fingerprint density at radius 1 is 1.46 bits per heavy atom. The lowest BCUT2D eigenvalue weighted by molar-refractivity contribution is -0.385. The second-order valence-corrected chi connectivity index (χ2v) is 5.05. The molecule has 10 nitrogen and oxygen atoms in total. The minimum absolute atomic E-state index is 0.0807. The number of rotatable bonds is 5. The molecule has 0 saturated carbocycles. The molecule has 24 heavy (non-hydrogen) atoms. The fourth-order valence-electron chi connectivity index (χ4n) is 2.08. The molecular formula is C14H16N4O6. The minimum atomic E-state index is -0.961. The van der Waals surface area contributed by atoms with E-state index in [-0.39, 0.29) is 18.2 Å². The van der Waals surface area contributed by atoms with Gasteiger partial charge in [-0.05, 0) is 25.0 Å². The number of aromatic hydroxyl groups is 1. The van der Waals surface area contributed by atoms with Crippen molar-refractivity contribution in [3.05, 3.63) is 33.9 Å². The van der Waals surface area contributed by atoms with Crippen LogP contribution in [-0.4, -0.2) is 47.3 Å². The number of nitrogens with zero attached hydrogens (tertiary/aromatic N) is 2. The summed E-state index contributed by atoms with van der Waals surface area (Å²) in [6.45, 7) is 0.899. The van der Waals surface area contributed by atoms with Gasteiger partial charge in [0.05, 0.1) is 17.2 Å². The van der Waals surface area contributed by atoms with Crippen LogP contribution in [-0.2, 0) is 14.3 Å². The average Bonchev–Trinajstić information content (AvgIpc) is 3.07. The number of nitro benzene ring substituents is 1. The number of hydrogen-bond acceptors (Lipinski definition) is 7. The van der Waals surface area contributed by atoms with Crippen molar-refractivity contribution in [1.82, 2.24) is 10.7 Å². The maximum Gasteiger partial charge on any atom is 0.329 e. The van der Waals surface area contributed by atoms with Crippen molar-refractivity contribution < 1.29 is 24.4 Å². The maximum absolute atomic E-state index is 11.6. The van der Waals surface area contributed by atoms with Crippen LogP contribution in [0.3, 0.4) is 0 Å². The summed E-state index contributed by atoms with van der Waals surface area (Å²) >= 11 is 0. The van der Waals surface area contributed by atoms with Crippen molar-refractivity contribution >= 4 is 23.7 Å². The predicted molar refractivity (Wildman–Crippen MR) is 82.5 cm³/mol. The minimum Gasteiger partial charge on any atom is -0.502 e. The topological polar surface area (TPSA) is 143 Å². The fraction of sp³-hybridized carbons (Fsp3) is 0.357. The smallest absolute Gasteiger partial charge is 0.329 e. The van der Waals surface area contributed by atoms with Gasteiger partial charge in [-0.25, -0.2) is 5.43 Å². The Labute approximate surface area is 136 Å². The summed E-state index contributed by atoms with van der Waals surface area (Å²) in [6, 6.07) is 3.59. The zero-order valence-corrected chi connectivity index (χ0v) is 12.6. The summed E-state index contributed by atoms with van der Waals surface area (Å²) in [7, 11) is 0. The Kier molecular flexibility index (Phi) is 5.79. The Hall–Kier alpha value is -3.01. The van der Waals surface area contributed by atoms with Crippen molar-refractivity contribution in [2.45, 2.75) is 18.9 Å². The third kappa shape index (κ3) is 4.74. The number of carbonyl (C=O) groups is 2. The normalized spacial score (nSPS) is 16.9. The van der Waals surface area contributed by atoms with Gasteiger partial charge in [-0.15, -0.1) is 0 Å². The highest BCUT2D eigenvalue weighted by atomic mass is 16.6. The molecule has 10 heteroatoms. The van der Waals surface area contributed by atoms with E-state index in [4.69, 9.17) is 4.74 Å². The zero-order chi connectivity index (χ0) is 17.5. The van der Waals surface area contributed by atoms with Gasteiger partial charge in [0.25, 0.3) is 0 Å². The van der Waals surface area contributed by atoms with Crippen molar-refractivity contribution in [2.75, 3.05) is 13.2 Å². The summed E-state index contributed by atoms with van der Waals surface area (Å²) < 4.78 is 5.31. The monoisotopic (exact) mass is 336 g/mol. The van der Waals surface area contributed by atoms with Crippen LogP contribution >= 0.6 is 0 Å². The molecule has 3 N–H and O–H groups in total. The van der Waals surface area contributed by atoms with Crippen LogP contribution < -0.4 is 10.7 Å². The van der Waals surface area contributed by atoms with Crippen LogP contribution in [0.1, 0.15) is 18.4 Å². The molecule has 128 valence electrons. The second kappa shape index (κ2) is 8.02. The van der Waals surface area contributed by atoms with E-state index < -0.39 is 28.2 Å². The molecule has 1 aliphatic rings. The molecule has 0 unspecified atom stereocenters. The highest BCUT2D eigenvalue weighted by molar-refractivity contribution is 6.35. The van der Waals surface area contributed by atoms with Gasteiger partial charge in [0.1, 0.15) is 0 Å². The molecule has 0 bridgehead atoms. The summed E-state index contributed by atoms with van der Waals surface area (Å²) in [5.74, 6) is -2.29. The van der Waals surface area contributed by atoms with Crippen molar-refractivity contribution in [2.24, 2.45) is 5.10 Å². The largest absolute Gasteiger partial charge is 0.502 e. The van der Waals surface area contributed by atoms with Gasteiger partial charge in [-0.1, -0.05) is 0 Å². The van der Waals surface area contributed by atoms with Gasteiger partial charge >= 0.3 is 17.5 Å². The number of ether oxygens (including phenoxy) is 1. The molecule has 0 spiro atoms. The van der Waals surface area contributed by atoms with E-state index >= 15 is 0 Å². The Balaban J connectivity index is 1.84. The fourth-order valence-corrected chi connectivity index (χ4v) is 2.08. The van der Waals surface area contributed by atoms with E-state index in [2.05, 4.69) is 10.4 Å². The summed E-state index contributed by atoms with van der Waals surface area (Å²) in [4.78, 5) is 33.0. The molecule has 2 rings (SSSR count). The van der Waals surface area contributed by atoms with Crippen molar-refractivity contribution in [1.29, 1.82) is 0 Å². The van der Waals surface area contributed by atoms with Crippen LogP contribution in [0.5, 0.6) is 5.75 Å². The molecule has 1 fully saturated rings. The van der Waals surface area contributed by atoms with Crippen LogP contribution in [0.4, 0.5) is 5.69 Å². The maximum atomic E-state index is 11.6. The molecule has 2 amide bonds. The van der Waals surface area contributed by atoms with E-state index in [0.29, 0.717) is 6.61 Å². The van der Waals surface area contributed by atoms with Gasteiger partial charge in [0.2, 0.25) is 0 Å². The number of amides is 2. The Morgan fingerprint density at radius 3 is 2.92 bits per heavy atom. The summed E-state index contributed by atoms with van der Waals surface area (Å²) in [6.07, 6.45) is 2.80. The van der Waals surface area contributed by atoms with Gasteiger partial charge < -0.3 is 15.2 Å². The molecule has 1 atom stereocenters. The summed E-state index contributed by atoms with van der Waals surface area (Å²) in [5.41, 5.74) is 1.81. The zero-order valence-electron chi connectivity index (χ0n) is 12.6. The highest BCUT2D eigenvalue weighted by Crippen LogP contribution is 2.25. The Morgan fingerprint density at radius 2 is 2.25 bits per heavy atom. The van der Waals surface area contributed by atoms with E-state index in [1.54, 1.807) is 0 Å². The number of phenolic OH excluding ortho intramolecular Hbond substituents is 1. The first-order valence-corrected chi connectivity index (χ1v) is 7.17. The standard InChI is InChI=1S/C14H16N4O6/c19-12-4-3-9(6-11(12)18(22)23)7-16-17-14(21)13(20)15-8-10-2-1-5-24-10/h3-4,6-7,10,19H,1-2,5,8H2,(H,15,20)(H,17,21)/b16-7+/t10-/m1/s1. The third-order valence-corrected chi connectivity index (χ3v) is 3.30. The van der Waals surface area contributed by atoms with Crippen molar-refractivity contribution in [3.63, 3.8) is 0 Å². The van der Waals surface area contributed by atoms with E-state index in [1.165, 1.54) is 6.07 Å². The number of hydrazone groups is 1. The number of benzene rings is 1. The quantitative estimate of drug-likeness (QED) is 0.300. The molecule has 1 aromatic rings. The average molecular weight is 336 g/mol. The van der Waals surface area contributed by atoms with E-state index in [9.17, 15) is 24.8 Å². The molecule has 1 aromatic carbocycles. The number of carbonyl (C=O) groups excluding carboxylic acids is 2. The van der Waals surface area contributed by atoms with Gasteiger partial charge in [-0.3, -0.25) is 19.7 Å². The molecule has 0 aromatic heterocycles. The molecule has 1 saturated heterocycles. The third-order valence-electron chi connectivity index (χ3n) is 3.30. The first kappa shape index (κ1) is 17.3.